The summed E-state index contributed by atoms with van der Waals surface area (Å²) in [6.07, 6.45) is 0. The summed E-state index contributed by atoms with van der Waals surface area (Å²) in [5.41, 5.74) is 5.97. The van der Waals surface area contributed by atoms with Gasteiger partial charge in [0.25, 0.3) is 0 Å². The molecule has 0 spiro atoms. The Morgan fingerprint density at radius 2 is 0.842 bits per heavy atom. The van der Waals surface area contributed by atoms with Crippen LogP contribution in [0.1, 0.15) is 11.1 Å². The second-order valence-electron chi connectivity index (χ2n) is 8.53. The second kappa shape index (κ2) is 12.0. The maximum absolute atomic E-state index is 12.5. The number of carbonyl (C=O) groups excluding carboxylic acids is 2. The SMILES string of the molecule is Cc1cc(-c2ccc(NC(=O)Nc3cc(Cl)cc(Cl)c3)c(C)c2)ccc1NC(=O)Nc1cc(Cl)cc(Cl)c1. The van der Waals surface area contributed by atoms with Crippen molar-refractivity contribution < 1.29 is 9.59 Å². The Kier molecular flexibility index (Phi) is 8.69. The predicted molar refractivity (Wildman–Crippen MR) is 160 cm³/mol. The van der Waals surface area contributed by atoms with E-state index in [1.807, 2.05) is 50.2 Å². The molecule has 0 atom stereocenters. The molecule has 194 valence electrons. The van der Waals surface area contributed by atoms with Crippen molar-refractivity contribution in [3.8, 4) is 11.1 Å². The molecule has 0 aromatic heterocycles. The summed E-state index contributed by atoms with van der Waals surface area (Å²) in [7, 11) is 0. The molecule has 0 saturated heterocycles. The van der Waals surface area contributed by atoms with E-state index in [4.69, 9.17) is 46.4 Å². The maximum Gasteiger partial charge on any atom is 0.323 e. The minimum Gasteiger partial charge on any atom is -0.308 e. The van der Waals surface area contributed by atoms with E-state index in [-0.39, 0.29) is 0 Å². The molecule has 0 heterocycles. The number of urea groups is 2. The van der Waals surface area contributed by atoms with Gasteiger partial charge >= 0.3 is 12.1 Å². The number of hydrogen-bond acceptors (Lipinski definition) is 2. The zero-order valence-electron chi connectivity index (χ0n) is 20.3. The summed E-state index contributed by atoms with van der Waals surface area (Å²) < 4.78 is 0. The van der Waals surface area contributed by atoms with Crippen LogP contribution in [0.25, 0.3) is 11.1 Å². The minimum absolute atomic E-state index is 0.413. The molecule has 4 aromatic rings. The Labute approximate surface area is 240 Å². The summed E-state index contributed by atoms with van der Waals surface area (Å²) >= 11 is 24.0. The van der Waals surface area contributed by atoms with E-state index >= 15 is 0 Å². The van der Waals surface area contributed by atoms with Crippen molar-refractivity contribution in [3.63, 3.8) is 0 Å². The standard InChI is InChI=1S/C28H22Cl4N4O2/c1-15-7-17(3-5-25(15)35-27(37)33-23-11-19(29)9-20(30)12-23)18-4-6-26(16(2)8-18)36-28(38)34-24-13-21(31)10-22(32)14-24/h3-14H,1-2H3,(H2,33,35,37)(H2,34,36,38). The number of carbonyl (C=O) groups is 2. The Bertz CT molecular complexity index is 1390. The van der Waals surface area contributed by atoms with Crippen molar-refractivity contribution in [2.45, 2.75) is 13.8 Å². The molecular weight excluding hydrogens is 566 g/mol. The number of nitrogens with one attached hydrogen (secondary N) is 4. The molecule has 0 aliphatic rings. The van der Waals surface area contributed by atoms with E-state index in [1.54, 1.807) is 36.4 Å². The van der Waals surface area contributed by atoms with Crippen LogP contribution in [0.5, 0.6) is 0 Å². The molecule has 4 N–H and O–H groups in total. The van der Waals surface area contributed by atoms with Gasteiger partial charge in [0, 0.05) is 42.8 Å². The summed E-state index contributed by atoms with van der Waals surface area (Å²) in [4.78, 5) is 24.9. The van der Waals surface area contributed by atoms with Crippen molar-refractivity contribution in [1.82, 2.24) is 0 Å². The van der Waals surface area contributed by atoms with Crippen LogP contribution in [-0.4, -0.2) is 12.1 Å². The normalized spacial score (nSPS) is 10.6. The molecule has 0 aliphatic heterocycles. The van der Waals surface area contributed by atoms with Gasteiger partial charge in [0.2, 0.25) is 0 Å². The van der Waals surface area contributed by atoms with Crippen molar-refractivity contribution >= 4 is 81.2 Å². The first-order chi connectivity index (χ1) is 18.0. The summed E-state index contributed by atoms with van der Waals surface area (Å²) in [5.74, 6) is 0. The molecule has 10 heteroatoms. The average Bonchev–Trinajstić information content (AvgIpc) is 2.80. The predicted octanol–water partition coefficient (Wildman–Crippen LogP) is 9.87. The molecule has 0 unspecified atom stereocenters. The summed E-state index contributed by atoms with van der Waals surface area (Å²) in [6.45, 7) is 3.81. The van der Waals surface area contributed by atoms with E-state index in [0.29, 0.717) is 42.8 Å². The molecule has 6 nitrogen and oxygen atoms in total. The third-order valence-corrected chi connectivity index (χ3v) is 6.40. The first-order valence-corrected chi connectivity index (χ1v) is 12.9. The molecule has 0 bridgehead atoms. The van der Waals surface area contributed by atoms with Crippen LogP contribution in [0.3, 0.4) is 0 Å². The molecule has 4 amide bonds. The monoisotopic (exact) mass is 586 g/mol. The molecule has 0 aliphatic carbocycles. The van der Waals surface area contributed by atoms with Crippen LogP contribution in [0.2, 0.25) is 20.1 Å². The third kappa shape index (κ3) is 7.33. The molecule has 4 rings (SSSR count). The smallest absolute Gasteiger partial charge is 0.308 e. The van der Waals surface area contributed by atoms with Gasteiger partial charge in [0.15, 0.2) is 0 Å². The molecule has 0 radical (unpaired) electrons. The highest BCUT2D eigenvalue weighted by atomic mass is 35.5. The van der Waals surface area contributed by atoms with Crippen LogP contribution in [-0.2, 0) is 0 Å². The lowest BCUT2D eigenvalue weighted by atomic mass is 10.00. The molecule has 0 fully saturated rings. The zero-order chi connectivity index (χ0) is 27.4. The number of halogens is 4. The highest BCUT2D eigenvalue weighted by Crippen LogP contribution is 2.29. The van der Waals surface area contributed by atoms with Gasteiger partial charge in [-0.25, -0.2) is 9.59 Å². The number of rotatable bonds is 5. The van der Waals surface area contributed by atoms with Gasteiger partial charge in [-0.15, -0.1) is 0 Å². The van der Waals surface area contributed by atoms with Crippen molar-refractivity contribution in [2.24, 2.45) is 0 Å². The van der Waals surface area contributed by atoms with Gasteiger partial charge < -0.3 is 21.3 Å². The van der Waals surface area contributed by atoms with Gasteiger partial charge in [0.1, 0.15) is 0 Å². The van der Waals surface area contributed by atoms with Crippen LogP contribution in [0.4, 0.5) is 32.3 Å². The van der Waals surface area contributed by atoms with E-state index in [0.717, 1.165) is 22.3 Å². The first-order valence-electron chi connectivity index (χ1n) is 11.4. The summed E-state index contributed by atoms with van der Waals surface area (Å²) in [5, 5.41) is 12.8. The minimum atomic E-state index is -0.413. The fraction of sp³-hybridized carbons (Fsp3) is 0.0714. The molecule has 0 saturated carbocycles. The Balaban J connectivity index is 1.42. The second-order valence-corrected chi connectivity index (χ2v) is 10.3. The van der Waals surface area contributed by atoms with Gasteiger partial charge in [-0.05, 0) is 96.8 Å². The van der Waals surface area contributed by atoms with Crippen molar-refractivity contribution in [2.75, 3.05) is 21.3 Å². The van der Waals surface area contributed by atoms with Crippen LogP contribution in [0.15, 0.2) is 72.8 Å². The fourth-order valence-electron chi connectivity index (χ4n) is 3.79. The molecule has 38 heavy (non-hydrogen) atoms. The largest absolute Gasteiger partial charge is 0.323 e. The lowest BCUT2D eigenvalue weighted by Crippen LogP contribution is -2.20. The van der Waals surface area contributed by atoms with Crippen LogP contribution >= 0.6 is 46.4 Å². The average molecular weight is 588 g/mol. The van der Waals surface area contributed by atoms with Crippen molar-refractivity contribution in [1.29, 1.82) is 0 Å². The zero-order valence-corrected chi connectivity index (χ0v) is 23.3. The number of hydrogen-bond donors (Lipinski definition) is 4. The highest BCUT2D eigenvalue weighted by molar-refractivity contribution is 6.35. The number of amides is 4. The highest BCUT2D eigenvalue weighted by Gasteiger charge is 2.11. The van der Waals surface area contributed by atoms with E-state index in [9.17, 15) is 9.59 Å². The number of aryl methyl sites for hydroxylation is 2. The number of benzene rings is 4. The first kappa shape index (κ1) is 27.6. The Morgan fingerprint density at radius 3 is 1.16 bits per heavy atom. The van der Waals surface area contributed by atoms with Gasteiger partial charge in [-0.2, -0.15) is 0 Å². The Hall–Kier alpha value is -3.42. The number of anilines is 4. The van der Waals surface area contributed by atoms with Crippen LogP contribution in [0, 0.1) is 13.8 Å². The van der Waals surface area contributed by atoms with Gasteiger partial charge in [0.05, 0.1) is 0 Å². The molecular formula is C28H22Cl4N4O2. The quantitative estimate of drug-likeness (QED) is 0.187. The van der Waals surface area contributed by atoms with Crippen molar-refractivity contribution in [3.05, 3.63) is 104 Å². The summed E-state index contributed by atoms with van der Waals surface area (Å²) in [6, 6.07) is 20.2. The molecule has 4 aromatic carbocycles. The van der Waals surface area contributed by atoms with Gasteiger partial charge in [-0.1, -0.05) is 58.5 Å². The lowest BCUT2D eigenvalue weighted by molar-refractivity contribution is 0.261. The van der Waals surface area contributed by atoms with Gasteiger partial charge in [-0.3, -0.25) is 0 Å². The third-order valence-electron chi connectivity index (χ3n) is 5.52. The topological polar surface area (TPSA) is 82.3 Å². The van der Waals surface area contributed by atoms with E-state index < -0.39 is 12.1 Å². The Morgan fingerprint density at radius 1 is 0.500 bits per heavy atom. The van der Waals surface area contributed by atoms with Crippen LogP contribution < -0.4 is 21.3 Å². The lowest BCUT2D eigenvalue weighted by Gasteiger charge is -2.14. The maximum atomic E-state index is 12.5. The fourth-order valence-corrected chi connectivity index (χ4v) is 4.84. The van der Waals surface area contributed by atoms with E-state index in [2.05, 4.69) is 21.3 Å². The van der Waals surface area contributed by atoms with E-state index in [1.165, 1.54) is 0 Å².